The highest BCUT2D eigenvalue weighted by Crippen LogP contribution is 2.19. The first-order valence-electron chi connectivity index (χ1n) is 10.1. The maximum Gasteiger partial charge on any atom is 0.251 e. The van der Waals surface area contributed by atoms with Gasteiger partial charge >= 0.3 is 0 Å². The number of hydrogen-bond donors (Lipinski definition) is 3. The van der Waals surface area contributed by atoms with Crippen molar-refractivity contribution in [2.45, 2.75) is 6.54 Å². The van der Waals surface area contributed by atoms with Crippen molar-refractivity contribution in [1.29, 1.82) is 0 Å². The lowest BCUT2D eigenvalue weighted by Gasteiger charge is -2.10. The molecule has 3 N–H and O–H groups in total. The van der Waals surface area contributed by atoms with Gasteiger partial charge in [-0.2, -0.15) is 0 Å². The van der Waals surface area contributed by atoms with E-state index in [9.17, 15) is 9.59 Å². The Balaban J connectivity index is 1.31. The molecule has 0 radical (unpaired) electrons. The van der Waals surface area contributed by atoms with Gasteiger partial charge in [-0.1, -0.05) is 66.7 Å². The van der Waals surface area contributed by atoms with E-state index in [1.54, 1.807) is 18.2 Å². The summed E-state index contributed by atoms with van der Waals surface area (Å²) in [6.45, 7) is 0.563. The SMILES string of the molecule is O=C(CNc1cccc(C(=O)NCc2ccccc2)c1)Nc1ccc2ccccc2c1. The van der Waals surface area contributed by atoms with E-state index >= 15 is 0 Å². The Kier molecular flexibility index (Phi) is 6.24. The summed E-state index contributed by atoms with van der Waals surface area (Å²) in [5, 5.41) is 11.1. The minimum atomic E-state index is -0.159. The van der Waals surface area contributed by atoms with Gasteiger partial charge in [-0.3, -0.25) is 9.59 Å². The maximum atomic E-state index is 12.4. The summed E-state index contributed by atoms with van der Waals surface area (Å²) < 4.78 is 0. The minimum Gasteiger partial charge on any atom is -0.376 e. The standard InChI is InChI=1S/C26H23N3O2/c30-25(29-24-14-13-20-9-4-5-10-21(20)15-24)18-27-23-12-6-11-22(16-23)26(31)28-17-19-7-2-1-3-8-19/h1-16,27H,17-18H2,(H,28,31)(H,29,30). The molecule has 4 rings (SSSR count). The van der Waals surface area contributed by atoms with Crippen LogP contribution in [0.25, 0.3) is 10.8 Å². The van der Waals surface area contributed by atoms with Crippen LogP contribution in [-0.2, 0) is 11.3 Å². The molecule has 0 spiro atoms. The zero-order valence-corrected chi connectivity index (χ0v) is 17.0. The van der Waals surface area contributed by atoms with Crippen LogP contribution in [0.2, 0.25) is 0 Å². The summed E-state index contributed by atoms with van der Waals surface area (Å²) >= 11 is 0. The van der Waals surface area contributed by atoms with Gasteiger partial charge in [-0.15, -0.1) is 0 Å². The number of nitrogens with one attached hydrogen (secondary N) is 3. The molecule has 0 atom stereocenters. The molecule has 0 saturated carbocycles. The van der Waals surface area contributed by atoms with Gasteiger partial charge in [0.15, 0.2) is 0 Å². The zero-order chi connectivity index (χ0) is 21.5. The van der Waals surface area contributed by atoms with Crippen molar-refractivity contribution in [2.75, 3.05) is 17.2 Å². The summed E-state index contributed by atoms with van der Waals surface area (Å²) in [6.07, 6.45) is 0. The van der Waals surface area contributed by atoms with E-state index in [1.165, 1.54) is 0 Å². The van der Waals surface area contributed by atoms with Crippen molar-refractivity contribution in [2.24, 2.45) is 0 Å². The summed E-state index contributed by atoms with van der Waals surface area (Å²) in [6, 6.07) is 30.7. The first-order chi connectivity index (χ1) is 15.2. The normalized spacial score (nSPS) is 10.5. The van der Waals surface area contributed by atoms with E-state index in [0.717, 1.165) is 22.0 Å². The Bertz CT molecular complexity index is 1210. The van der Waals surface area contributed by atoms with Crippen LogP contribution >= 0.6 is 0 Å². The molecule has 5 nitrogen and oxygen atoms in total. The quantitative estimate of drug-likeness (QED) is 0.410. The molecule has 0 aliphatic rings. The van der Waals surface area contributed by atoms with Crippen LogP contribution in [-0.4, -0.2) is 18.4 Å². The van der Waals surface area contributed by atoms with Gasteiger partial charge in [-0.25, -0.2) is 0 Å². The highest BCUT2D eigenvalue weighted by Gasteiger charge is 2.08. The van der Waals surface area contributed by atoms with Gasteiger partial charge < -0.3 is 16.0 Å². The fraction of sp³-hybridized carbons (Fsp3) is 0.0769. The predicted octanol–water partition coefficient (Wildman–Crippen LogP) is 4.82. The number of benzene rings is 4. The molecule has 0 aliphatic heterocycles. The van der Waals surface area contributed by atoms with Crippen LogP contribution in [0.5, 0.6) is 0 Å². The lowest BCUT2D eigenvalue weighted by Crippen LogP contribution is -2.23. The van der Waals surface area contributed by atoms with Crippen molar-refractivity contribution in [1.82, 2.24) is 5.32 Å². The largest absolute Gasteiger partial charge is 0.376 e. The lowest BCUT2D eigenvalue weighted by molar-refractivity contribution is -0.114. The van der Waals surface area contributed by atoms with E-state index in [-0.39, 0.29) is 18.4 Å². The molecular weight excluding hydrogens is 386 g/mol. The van der Waals surface area contributed by atoms with E-state index in [1.807, 2.05) is 78.9 Å². The fourth-order valence-electron chi connectivity index (χ4n) is 3.31. The third kappa shape index (κ3) is 5.48. The molecule has 31 heavy (non-hydrogen) atoms. The average Bonchev–Trinajstić information content (AvgIpc) is 2.82. The second-order valence-corrected chi connectivity index (χ2v) is 7.21. The smallest absolute Gasteiger partial charge is 0.251 e. The Morgan fingerprint density at radius 1 is 0.677 bits per heavy atom. The number of fused-ring (bicyclic) bond motifs is 1. The molecule has 0 fully saturated rings. The first kappa shape index (κ1) is 20.2. The molecule has 154 valence electrons. The van der Waals surface area contributed by atoms with E-state index < -0.39 is 0 Å². The monoisotopic (exact) mass is 409 g/mol. The van der Waals surface area contributed by atoms with Crippen molar-refractivity contribution in [3.05, 3.63) is 108 Å². The maximum absolute atomic E-state index is 12.4. The molecular formula is C26H23N3O2. The van der Waals surface area contributed by atoms with Gasteiger partial charge in [0.2, 0.25) is 5.91 Å². The third-order valence-corrected chi connectivity index (χ3v) is 4.91. The predicted molar refractivity (Wildman–Crippen MR) is 125 cm³/mol. The van der Waals surface area contributed by atoms with Crippen molar-refractivity contribution >= 4 is 34.0 Å². The number of rotatable bonds is 7. The van der Waals surface area contributed by atoms with E-state index in [0.29, 0.717) is 17.8 Å². The Morgan fingerprint density at radius 2 is 1.45 bits per heavy atom. The molecule has 4 aromatic rings. The number of hydrogen-bond acceptors (Lipinski definition) is 3. The van der Waals surface area contributed by atoms with Crippen LogP contribution in [0.4, 0.5) is 11.4 Å². The summed E-state index contributed by atoms with van der Waals surface area (Å²) in [4.78, 5) is 24.8. The molecule has 0 heterocycles. The zero-order valence-electron chi connectivity index (χ0n) is 17.0. The molecule has 0 aliphatic carbocycles. The van der Waals surface area contributed by atoms with Crippen molar-refractivity contribution < 1.29 is 9.59 Å². The highest BCUT2D eigenvalue weighted by atomic mass is 16.2. The van der Waals surface area contributed by atoms with Crippen LogP contribution < -0.4 is 16.0 Å². The van der Waals surface area contributed by atoms with Crippen molar-refractivity contribution in [3.8, 4) is 0 Å². The van der Waals surface area contributed by atoms with Gasteiger partial charge in [-0.05, 0) is 46.7 Å². The van der Waals surface area contributed by atoms with Crippen molar-refractivity contribution in [3.63, 3.8) is 0 Å². The molecule has 5 heteroatoms. The molecule has 0 unspecified atom stereocenters. The summed E-state index contributed by atoms with van der Waals surface area (Å²) in [5.41, 5.74) is 3.03. The lowest BCUT2D eigenvalue weighted by atomic mass is 10.1. The molecule has 0 saturated heterocycles. The topological polar surface area (TPSA) is 70.2 Å². The highest BCUT2D eigenvalue weighted by molar-refractivity contribution is 5.97. The number of carbonyl (C=O) groups is 2. The third-order valence-electron chi connectivity index (χ3n) is 4.91. The van der Waals surface area contributed by atoms with Gasteiger partial charge in [0, 0.05) is 23.5 Å². The number of carbonyl (C=O) groups excluding carboxylic acids is 2. The molecule has 0 aromatic heterocycles. The number of anilines is 2. The summed E-state index contributed by atoms with van der Waals surface area (Å²) in [5.74, 6) is -0.317. The number of amides is 2. The molecule has 0 bridgehead atoms. The van der Waals surface area contributed by atoms with Crippen LogP contribution in [0, 0.1) is 0 Å². The van der Waals surface area contributed by atoms with Crippen LogP contribution in [0.3, 0.4) is 0 Å². The van der Waals surface area contributed by atoms with Crippen LogP contribution in [0.1, 0.15) is 15.9 Å². The van der Waals surface area contributed by atoms with E-state index in [2.05, 4.69) is 16.0 Å². The Morgan fingerprint density at radius 3 is 2.29 bits per heavy atom. The first-order valence-corrected chi connectivity index (χ1v) is 10.1. The van der Waals surface area contributed by atoms with Gasteiger partial charge in [0.1, 0.15) is 0 Å². The van der Waals surface area contributed by atoms with Gasteiger partial charge in [0.05, 0.1) is 6.54 Å². The Hall–Kier alpha value is -4.12. The van der Waals surface area contributed by atoms with Crippen LogP contribution in [0.15, 0.2) is 97.1 Å². The molecule has 4 aromatic carbocycles. The second-order valence-electron chi connectivity index (χ2n) is 7.21. The van der Waals surface area contributed by atoms with Gasteiger partial charge in [0.25, 0.3) is 5.91 Å². The Labute approximate surface area is 181 Å². The van der Waals surface area contributed by atoms with E-state index in [4.69, 9.17) is 0 Å². The average molecular weight is 409 g/mol. The minimum absolute atomic E-state index is 0.0991. The summed E-state index contributed by atoms with van der Waals surface area (Å²) in [7, 11) is 0. The molecule has 2 amide bonds. The fourth-order valence-corrected chi connectivity index (χ4v) is 3.31. The second kappa shape index (κ2) is 9.59.